The van der Waals surface area contributed by atoms with Crippen LogP contribution in [-0.2, 0) is 23.7 Å². The van der Waals surface area contributed by atoms with Crippen LogP contribution in [0, 0.1) is 0 Å². The number of hydrogen-bond donors (Lipinski definition) is 1. The van der Waals surface area contributed by atoms with Crippen LogP contribution in [0.1, 0.15) is 11.9 Å². The van der Waals surface area contributed by atoms with Crippen molar-refractivity contribution in [2.75, 3.05) is 21.3 Å². The molecule has 0 amide bonds. The van der Waals surface area contributed by atoms with E-state index >= 15 is 0 Å². The van der Waals surface area contributed by atoms with Crippen molar-refractivity contribution in [1.29, 1.82) is 0 Å². The van der Waals surface area contributed by atoms with Gasteiger partial charge in [0, 0.05) is 26.9 Å². The van der Waals surface area contributed by atoms with Gasteiger partial charge in [-0.1, -0.05) is 30.3 Å². The molecule has 2 bridgehead atoms. The minimum absolute atomic E-state index is 0.363. The Labute approximate surface area is 129 Å². The highest BCUT2D eigenvalue weighted by molar-refractivity contribution is 5.18. The average molecular weight is 310 g/mol. The highest BCUT2D eigenvalue weighted by Crippen LogP contribution is 2.40. The van der Waals surface area contributed by atoms with Crippen molar-refractivity contribution in [3.63, 3.8) is 0 Å². The molecule has 1 aromatic carbocycles. The number of aliphatic hydroxyl groups is 1. The van der Waals surface area contributed by atoms with E-state index in [0.717, 1.165) is 5.56 Å². The first kappa shape index (κ1) is 15.9. The molecule has 2 fully saturated rings. The van der Waals surface area contributed by atoms with Crippen LogP contribution in [0.15, 0.2) is 30.3 Å². The van der Waals surface area contributed by atoms with Gasteiger partial charge in [0.2, 0.25) is 0 Å². The molecule has 2 aliphatic rings. The Morgan fingerprint density at radius 3 is 1.77 bits per heavy atom. The lowest BCUT2D eigenvalue weighted by Crippen LogP contribution is -2.69. The number of hydrogen-bond acceptors (Lipinski definition) is 6. The van der Waals surface area contributed by atoms with Gasteiger partial charge in [0.05, 0.1) is 0 Å². The van der Waals surface area contributed by atoms with Gasteiger partial charge >= 0.3 is 0 Å². The van der Waals surface area contributed by atoms with Crippen LogP contribution < -0.4 is 0 Å². The zero-order chi connectivity index (χ0) is 15.7. The normalized spacial score (nSPS) is 41.4. The second kappa shape index (κ2) is 6.62. The van der Waals surface area contributed by atoms with Crippen LogP contribution in [0.3, 0.4) is 0 Å². The number of benzene rings is 1. The third-order valence-corrected chi connectivity index (χ3v) is 4.42. The molecular weight excluding hydrogens is 288 g/mol. The van der Waals surface area contributed by atoms with Crippen molar-refractivity contribution < 1.29 is 28.8 Å². The third-order valence-electron chi connectivity index (χ3n) is 4.42. The van der Waals surface area contributed by atoms with Crippen LogP contribution in [0.4, 0.5) is 0 Å². The maximum Gasteiger partial charge on any atom is 0.184 e. The maximum atomic E-state index is 10.4. The second-order valence-electron chi connectivity index (χ2n) is 5.54. The Morgan fingerprint density at radius 2 is 1.32 bits per heavy atom. The van der Waals surface area contributed by atoms with E-state index < -0.39 is 36.8 Å². The summed E-state index contributed by atoms with van der Waals surface area (Å²) >= 11 is 0. The molecule has 6 nitrogen and oxygen atoms in total. The lowest BCUT2D eigenvalue weighted by Gasteiger charge is -2.52. The fraction of sp³-hybridized carbons (Fsp3) is 0.625. The lowest BCUT2D eigenvalue weighted by molar-refractivity contribution is -0.363. The monoisotopic (exact) mass is 310 g/mol. The molecule has 1 aliphatic carbocycles. The quantitative estimate of drug-likeness (QED) is 0.891. The van der Waals surface area contributed by atoms with Gasteiger partial charge in [0.25, 0.3) is 0 Å². The number of ether oxygens (including phenoxy) is 5. The van der Waals surface area contributed by atoms with Crippen molar-refractivity contribution >= 4 is 0 Å². The predicted octanol–water partition coefficient (Wildman–Crippen LogP) is 0.889. The molecule has 0 spiro atoms. The van der Waals surface area contributed by atoms with Gasteiger partial charge in [-0.3, -0.25) is 0 Å². The maximum absolute atomic E-state index is 10.4. The standard InChI is InChI=1S/C16H22O6/c1-18-11-10(17)12(19-2)15-13(20-3)14(11)21-16(22-15)9-7-5-4-6-8-9/h4-8,10-17H,1-3H3/t10?,11-,12-,13?,14-,15+,16?/m0/s1. The molecule has 6 heteroatoms. The Hall–Kier alpha value is -1.02. The molecule has 1 saturated carbocycles. The second-order valence-corrected chi connectivity index (χ2v) is 5.54. The summed E-state index contributed by atoms with van der Waals surface area (Å²) < 4.78 is 28.5. The molecule has 1 aromatic rings. The van der Waals surface area contributed by atoms with Gasteiger partial charge in [-0.05, 0) is 0 Å². The largest absolute Gasteiger partial charge is 0.387 e. The van der Waals surface area contributed by atoms with Gasteiger partial charge in [-0.25, -0.2) is 0 Å². The molecule has 3 unspecified atom stereocenters. The summed E-state index contributed by atoms with van der Waals surface area (Å²) in [6.45, 7) is 0. The minimum Gasteiger partial charge on any atom is -0.387 e. The summed E-state index contributed by atoms with van der Waals surface area (Å²) in [5, 5.41) is 10.4. The van der Waals surface area contributed by atoms with Crippen molar-refractivity contribution in [3.8, 4) is 0 Å². The molecule has 0 aromatic heterocycles. The minimum atomic E-state index is -0.840. The molecule has 3 rings (SSSR count). The van der Waals surface area contributed by atoms with E-state index in [1.165, 1.54) is 0 Å². The number of rotatable bonds is 4. The molecule has 22 heavy (non-hydrogen) atoms. The predicted molar refractivity (Wildman–Crippen MR) is 77.3 cm³/mol. The fourth-order valence-corrected chi connectivity index (χ4v) is 3.35. The Morgan fingerprint density at radius 1 is 0.818 bits per heavy atom. The average Bonchev–Trinajstić information content (AvgIpc) is 2.56. The van der Waals surface area contributed by atoms with Gasteiger partial charge in [-0.15, -0.1) is 0 Å². The number of methoxy groups -OCH3 is 3. The summed E-state index contributed by atoms with van der Waals surface area (Å²) in [5.74, 6) is 0. The first-order valence-electron chi connectivity index (χ1n) is 7.33. The first-order chi connectivity index (χ1) is 10.7. The Balaban J connectivity index is 1.92. The van der Waals surface area contributed by atoms with Crippen molar-refractivity contribution in [2.24, 2.45) is 0 Å². The van der Waals surface area contributed by atoms with Crippen LogP contribution in [0.25, 0.3) is 0 Å². The molecular formula is C16H22O6. The molecule has 7 atom stereocenters. The van der Waals surface area contributed by atoms with Crippen LogP contribution in [0.5, 0.6) is 0 Å². The van der Waals surface area contributed by atoms with Crippen LogP contribution in [0.2, 0.25) is 0 Å². The van der Waals surface area contributed by atoms with Crippen LogP contribution in [-0.4, -0.2) is 63.1 Å². The van der Waals surface area contributed by atoms with Gasteiger partial charge < -0.3 is 28.8 Å². The van der Waals surface area contributed by atoms with Gasteiger partial charge in [0.15, 0.2) is 6.29 Å². The SMILES string of the molecule is COC1[C@H]2OC(c3ccccc3)O[C@@H]1[C@@H](OC)C(O)[C@@H]2OC. The highest BCUT2D eigenvalue weighted by Gasteiger charge is 2.57. The molecule has 122 valence electrons. The smallest absolute Gasteiger partial charge is 0.184 e. The first-order valence-corrected chi connectivity index (χ1v) is 7.33. The lowest BCUT2D eigenvalue weighted by atomic mass is 9.83. The van der Waals surface area contributed by atoms with E-state index in [-0.39, 0.29) is 6.10 Å². The Kier molecular flexibility index (Phi) is 4.77. The zero-order valence-corrected chi connectivity index (χ0v) is 12.9. The van der Waals surface area contributed by atoms with E-state index in [4.69, 9.17) is 23.7 Å². The summed E-state index contributed by atoms with van der Waals surface area (Å²) in [5.41, 5.74) is 0.910. The van der Waals surface area contributed by atoms with Crippen molar-refractivity contribution in [1.82, 2.24) is 0 Å². The summed E-state index contributed by atoms with van der Waals surface area (Å²) in [7, 11) is 4.69. The van der Waals surface area contributed by atoms with Crippen molar-refractivity contribution in [3.05, 3.63) is 35.9 Å². The topological polar surface area (TPSA) is 66.4 Å². The fourth-order valence-electron chi connectivity index (χ4n) is 3.35. The van der Waals surface area contributed by atoms with Gasteiger partial charge in [-0.2, -0.15) is 0 Å². The summed E-state index contributed by atoms with van der Waals surface area (Å²) in [6, 6.07) is 9.67. The molecule has 1 heterocycles. The van der Waals surface area contributed by atoms with Crippen LogP contribution >= 0.6 is 0 Å². The van der Waals surface area contributed by atoms with E-state index in [9.17, 15) is 5.11 Å². The van der Waals surface area contributed by atoms with E-state index in [1.54, 1.807) is 21.3 Å². The molecule has 0 radical (unpaired) electrons. The molecule has 1 N–H and O–H groups in total. The molecule has 1 saturated heterocycles. The zero-order valence-electron chi connectivity index (χ0n) is 12.9. The van der Waals surface area contributed by atoms with E-state index in [1.807, 2.05) is 30.3 Å². The number of fused-ring (bicyclic) bond motifs is 2. The Bertz CT molecular complexity index is 448. The molecule has 1 aliphatic heterocycles. The summed E-state index contributed by atoms with van der Waals surface area (Å²) in [6.07, 6.45) is -3.68. The van der Waals surface area contributed by atoms with E-state index in [2.05, 4.69) is 0 Å². The van der Waals surface area contributed by atoms with Crippen molar-refractivity contribution in [2.45, 2.75) is 42.9 Å². The van der Waals surface area contributed by atoms with Gasteiger partial charge in [0.1, 0.15) is 36.6 Å². The highest BCUT2D eigenvalue weighted by atomic mass is 16.7. The third kappa shape index (κ3) is 2.56. The number of aliphatic hydroxyl groups excluding tert-OH is 1. The summed E-state index contributed by atoms with van der Waals surface area (Å²) in [4.78, 5) is 0. The van der Waals surface area contributed by atoms with E-state index in [0.29, 0.717) is 0 Å².